The van der Waals surface area contributed by atoms with E-state index in [1.165, 1.54) is 0 Å². The van der Waals surface area contributed by atoms with Crippen molar-refractivity contribution in [2.24, 2.45) is 5.73 Å². The van der Waals surface area contributed by atoms with E-state index >= 15 is 0 Å². The van der Waals surface area contributed by atoms with Crippen molar-refractivity contribution in [2.75, 3.05) is 25.9 Å². The maximum absolute atomic E-state index is 12.2. The molecular weight excluding hydrogens is 276 g/mol. The fourth-order valence-electron chi connectivity index (χ4n) is 2.00. The average Bonchev–Trinajstić information content (AvgIpc) is 2.35. The molecule has 0 radical (unpaired) electrons. The van der Waals surface area contributed by atoms with Gasteiger partial charge < -0.3 is 15.7 Å². The number of nitrogens with zero attached hydrogens (tertiary/aromatic N) is 1. The Morgan fingerprint density at radius 1 is 1.35 bits per heavy atom. The second-order valence-electron chi connectivity index (χ2n) is 5.72. The molecule has 0 saturated carbocycles. The largest absolute Gasteiger partial charge is 0.389 e. The van der Waals surface area contributed by atoms with Gasteiger partial charge in [-0.15, -0.1) is 0 Å². The lowest BCUT2D eigenvalue weighted by molar-refractivity contribution is 0.0463. The first-order valence-electron chi connectivity index (χ1n) is 6.57. The molecule has 0 spiro atoms. The van der Waals surface area contributed by atoms with Crippen molar-refractivity contribution in [2.45, 2.75) is 30.9 Å². The maximum atomic E-state index is 12.2. The van der Waals surface area contributed by atoms with Crippen molar-refractivity contribution in [1.29, 1.82) is 0 Å². The van der Waals surface area contributed by atoms with Crippen molar-refractivity contribution >= 4 is 9.84 Å². The molecule has 0 bridgehead atoms. The first kappa shape index (κ1) is 17.1. The number of rotatable bonds is 7. The van der Waals surface area contributed by atoms with Crippen LogP contribution in [0.25, 0.3) is 0 Å². The summed E-state index contributed by atoms with van der Waals surface area (Å²) >= 11 is 0. The summed E-state index contributed by atoms with van der Waals surface area (Å²) in [7, 11) is -1.53. The third kappa shape index (κ3) is 5.58. The summed E-state index contributed by atoms with van der Waals surface area (Å²) in [6.07, 6.45) is 0. The SMILES string of the molecule is CN(CCS(=O)(=O)c1cccc(CN)c1)CC(C)(C)O. The zero-order valence-corrected chi connectivity index (χ0v) is 13.2. The van der Waals surface area contributed by atoms with E-state index in [0.29, 0.717) is 24.5 Å². The highest BCUT2D eigenvalue weighted by molar-refractivity contribution is 7.91. The van der Waals surface area contributed by atoms with Crippen molar-refractivity contribution in [3.8, 4) is 0 Å². The molecule has 1 aromatic carbocycles. The van der Waals surface area contributed by atoms with Gasteiger partial charge in [-0.3, -0.25) is 0 Å². The maximum Gasteiger partial charge on any atom is 0.179 e. The number of nitrogens with two attached hydrogens (primary N) is 1. The van der Waals surface area contributed by atoms with Crippen LogP contribution >= 0.6 is 0 Å². The van der Waals surface area contributed by atoms with E-state index < -0.39 is 15.4 Å². The molecule has 0 aliphatic carbocycles. The van der Waals surface area contributed by atoms with E-state index in [4.69, 9.17) is 5.73 Å². The second-order valence-corrected chi connectivity index (χ2v) is 7.83. The monoisotopic (exact) mass is 300 g/mol. The average molecular weight is 300 g/mol. The topological polar surface area (TPSA) is 83.6 Å². The van der Waals surface area contributed by atoms with Crippen LogP contribution in [0.15, 0.2) is 29.2 Å². The van der Waals surface area contributed by atoms with Crippen molar-refractivity contribution in [3.05, 3.63) is 29.8 Å². The summed E-state index contributed by atoms with van der Waals surface area (Å²) in [5.74, 6) is 0.0214. The zero-order chi connectivity index (χ0) is 15.4. The highest BCUT2D eigenvalue weighted by atomic mass is 32.2. The Balaban J connectivity index is 2.70. The molecule has 6 heteroatoms. The third-order valence-electron chi connectivity index (χ3n) is 2.89. The van der Waals surface area contributed by atoms with Gasteiger partial charge in [-0.05, 0) is 38.6 Å². The summed E-state index contributed by atoms with van der Waals surface area (Å²) < 4.78 is 24.5. The molecule has 5 nitrogen and oxygen atoms in total. The lowest BCUT2D eigenvalue weighted by atomic mass is 10.1. The van der Waals surface area contributed by atoms with Crippen LogP contribution in [0.4, 0.5) is 0 Å². The van der Waals surface area contributed by atoms with Crippen molar-refractivity contribution in [3.63, 3.8) is 0 Å². The smallest absolute Gasteiger partial charge is 0.179 e. The highest BCUT2D eigenvalue weighted by Gasteiger charge is 2.19. The number of likely N-dealkylation sites (N-methyl/N-ethyl adjacent to an activating group) is 1. The zero-order valence-electron chi connectivity index (χ0n) is 12.3. The first-order chi connectivity index (χ1) is 9.14. The first-order valence-corrected chi connectivity index (χ1v) is 8.22. The number of benzene rings is 1. The molecule has 0 unspecified atom stereocenters. The van der Waals surface area contributed by atoms with Gasteiger partial charge in [-0.1, -0.05) is 12.1 Å². The Morgan fingerprint density at radius 2 is 2.00 bits per heavy atom. The van der Waals surface area contributed by atoms with Crippen LogP contribution in [0.1, 0.15) is 19.4 Å². The molecular formula is C14H24N2O3S. The van der Waals surface area contributed by atoms with Gasteiger partial charge in [0.15, 0.2) is 9.84 Å². The molecule has 1 aromatic rings. The molecule has 0 fully saturated rings. The van der Waals surface area contributed by atoms with Crippen LogP contribution in [0.2, 0.25) is 0 Å². The summed E-state index contributed by atoms with van der Waals surface area (Å²) in [5.41, 5.74) is 5.49. The predicted octanol–water partition coefficient (Wildman–Crippen LogP) is 0.622. The molecule has 20 heavy (non-hydrogen) atoms. The lowest BCUT2D eigenvalue weighted by Crippen LogP contribution is -2.38. The quantitative estimate of drug-likeness (QED) is 0.771. The molecule has 1 rings (SSSR count). The van der Waals surface area contributed by atoms with Crippen LogP contribution in [0.3, 0.4) is 0 Å². The van der Waals surface area contributed by atoms with Gasteiger partial charge in [0, 0.05) is 19.6 Å². The van der Waals surface area contributed by atoms with E-state index in [1.807, 2.05) is 4.90 Å². The van der Waals surface area contributed by atoms with Gasteiger partial charge >= 0.3 is 0 Å². The molecule has 0 saturated heterocycles. The number of hydrogen-bond acceptors (Lipinski definition) is 5. The fourth-order valence-corrected chi connectivity index (χ4v) is 3.40. The summed E-state index contributed by atoms with van der Waals surface area (Å²) in [5, 5.41) is 9.70. The van der Waals surface area contributed by atoms with E-state index in [-0.39, 0.29) is 5.75 Å². The third-order valence-corrected chi connectivity index (χ3v) is 4.58. The van der Waals surface area contributed by atoms with Crippen LogP contribution < -0.4 is 5.73 Å². The molecule has 0 aliphatic heterocycles. The molecule has 0 heterocycles. The number of sulfone groups is 1. The Kier molecular flexibility index (Phi) is 5.70. The van der Waals surface area contributed by atoms with Crippen LogP contribution in [0, 0.1) is 0 Å². The molecule has 0 aliphatic rings. The second kappa shape index (κ2) is 6.67. The van der Waals surface area contributed by atoms with E-state index in [9.17, 15) is 13.5 Å². The minimum atomic E-state index is -3.32. The van der Waals surface area contributed by atoms with Gasteiger partial charge in [-0.2, -0.15) is 0 Å². The van der Waals surface area contributed by atoms with Crippen LogP contribution in [-0.4, -0.2) is 49.9 Å². The summed E-state index contributed by atoms with van der Waals surface area (Å²) in [6, 6.07) is 6.71. The Morgan fingerprint density at radius 3 is 2.55 bits per heavy atom. The van der Waals surface area contributed by atoms with Gasteiger partial charge in [0.05, 0.1) is 16.2 Å². The predicted molar refractivity (Wildman–Crippen MR) is 80.2 cm³/mol. The normalized spacial score (nSPS) is 12.9. The van der Waals surface area contributed by atoms with Gasteiger partial charge in [0.2, 0.25) is 0 Å². The van der Waals surface area contributed by atoms with E-state index in [2.05, 4.69) is 0 Å². The van der Waals surface area contributed by atoms with Gasteiger partial charge in [0.1, 0.15) is 0 Å². The van der Waals surface area contributed by atoms with Crippen LogP contribution in [0.5, 0.6) is 0 Å². The van der Waals surface area contributed by atoms with E-state index in [1.54, 1.807) is 45.2 Å². The standard InChI is InChI=1S/C14H24N2O3S/c1-14(2,17)11-16(3)7-8-20(18,19)13-6-4-5-12(9-13)10-15/h4-6,9,17H,7-8,10-11,15H2,1-3H3. The Bertz CT molecular complexity index is 536. The Hall–Kier alpha value is -0.950. The Labute approximate surface area is 121 Å². The molecule has 3 N–H and O–H groups in total. The molecule has 0 aromatic heterocycles. The fraction of sp³-hybridized carbons (Fsp3) is 0.571. The van der Waals surface area contributed by atoms with Gasteiger partial charge in [-0.25, -0.2) is 8.42 Å². The molecule has 0 amide bonds. The summed E-state index contributed by atoms with van der Waals surface area (Å²) in [6.45, 7) is 4.51. The lowest BCUT2D eigenvalue weighted by Gasteiger charge is -2.25. The van der Waals surface area contributed by atoms with Crippen molar-refractivity contribution < 1.29 is 13.5 Å². The minimum absolute atomic E-state index is 0.0214. The molecule has 114 valence electrons. The van der Waals surface area contributed by atoms with Crippen molar-refractivity contribution in [1.82, 2.24) is 4.90 Å². The highest BCUT2D eigenvalue weighted by Crippen LogP contribution is 2.13. The number of hydrogen-bond donors (Lipinski definition) is 2. The summed E-state index contributed by atoms with van der Waals surface area (Å²) in [4.78, 5) is 2.11. The number of aliphatic hydroxyl groups is 1. The minimum Gasteiger partial charge on any atom is -0.389 e. The van der Waals surface area contributed by atoms with E-state index in [0.717, 1.165) is 5.56 Å². The van der Waals surface area contributed by atoms with Gasteiger partial charge in [0.25, 0.3) is 0 Å². The van der Waals surface area contributed by atoms with Crippen LogP contribution in [-0.2, 0) is 16.4 Å². The molecule has 0 atom stereocenters.